The molecule has 1 fully saturated rings. The van der Waals surface area contributed by atoms with Crippen LogP contribution in [0.15, 0.2) is 23.4 Å². The van der Waals surface area contributed by atoms with E-state index in [1.165, 1.54) is 0 Å². The highest BCUT2D eigenvalue weighted by atomic mass is 32.2. The lowest BCUT2D eigenvalue weighted by atomic mass is 10.0. The number of nitrogens with two attached hydrogens (primary N) is 1. The Kier molecular flexibility index (Phi) is 3.89. The number of aryl methyl sites for hydroxylation is 1. The SMILES string of the molecule is Cc1cccc(/C(N)=N/O)c1N(C)C1CCS(=O)(=O)C1. The van der Waals surface area contributed by atoms with Gasteiger partial charge in [-0.05, 0) is 25.0 Å². The Morgan fingerprint density at radius 2 is 2.20 bits per heavy atom. The molecule has 3 N–H and O–H groups in total. The van der Waals surface area contributed by atoms with E-state index in [4.69, 9.17) is 10.9 Å². The van der Waals surface area contributed by atoms with Crippen molar-refractivity contribution in [2.24, 2.45) is 10.9 Å². The molecule has 6 nitrogen and oxygen atoms in total. The highest BCUT2D eigenvalue weighted by Crippen LogP contribution is 2.29. The van der Waals surface area contributed by atoms with Gasteiger partial charge in [0.15, 0.2) is 15.7 Å². The topological polar surface area (TPSA) is 96.0 Å². The smallest absolute Gasteiger partial charge is 0.172 e. The average Bonchev–Trinajstić information content (AvgIpc) is 2.77. The molecule has 7 heteroatoms. The van der Waals surface area contributed by atoms with Gasteiger partial charge >= 0.3 is 0 Å². The van der Waals surface area contributed by atoms with Gasteiger partial charge in [-0.15, -0.1) is 0 Å². The van der Waals surface area contributed by atoms with Crippen molar-refractivity contribution in [3.8, 4) is 0 Å². The van der Waals surface area contributed by atoms with Crippen LogP contribution < -0.4 is 10.6 Å². The molecule has 1 aliphatic heterocycles. The first-order valence-corrected chi connectivity index (χ1v) is 8.18. The van der Waals surface area contributed by atoms with E-state index in [2.05, 4.69) is 5.16 Å². The van der Waals surface area contributed by atoms with Crippen molar-refractivity contribution < 1.29 is 13.6 Å². The van der Waals surface area contributed by atoms with Crippen LogP contribution in [0.3, 0.4) is 0 Å². The Morgan fingerprint density at radius 1 is 1.50 bits per heavy atom. The number of nitrogens with zero attached hydrogens (tertiary/aromatic N) is 2. The number of amidine groups is 1. The van der Waals surface area contributed by atoms with Gasteiger partial charge in [0.1, 0.15) is 0 Å². The molecule has 0 aromatic heterocycles. The first-order chi connectivity index (χ1) is 9.35. The summed E-state index contributed by atoms with van der Waals surface area (Å²) in [6.07, 6.45) is 0.600. The second-order valence-electron chi connectivity index (χ2n) is 5.12. The number of para-hydroxylation sites is 1. The molecule has 0 aliphatic carbocycles. The zero-order valence-electron chi connectivity index (χ0n) is 11.6. The van der Waals surface area contributed by atoms with Crippen molar-refractivity contribution in [1.82, 2.24) is 0 Å². The fourth-order valence-electron chi connectivity index (χ4n) is 2.65. The minimum atomic E-state index is -2.95. The van der Waals surface area contributed by atoms with Crippen molar-refractivity contribution in [3.63, 3.8) is 0 Å². The summed E-state index contributed by atoms with van der Waals surface area (Å²) in [6, 6.07) is 5.43. The summed E-state index contributed by atoms with van der Waals surface area (Å²) in [4.78, 5) is 1.92. The van der Waals surface area contributed by atoms with Gasteiger partial charge in [-0.25, -0.2) is 8.42 Å². The number of rotatable bonds is 3. The van der Waals surface area contributed by atoms with E-state index >= 15 is 0 Å². The minimum Gasteiger partial charge on any atom is -0.409 e. The third-order valence-electron chi connectivity index (χ3n) is 3.73. The number of anilines is 1. The van der Waals surface area contributed by atoms with Crippen LogP contribution >= 0.6 is 0 Å². The Balaban J connectivity index is 2.42. The molecule has 0 radical (unpaired) electrons. The van der Waals surface area contributed by atoms with E-state index in [0.29, 0.717) is 12.0 Å². The van der Waals surface area contributed by atoms with Crippen molar-refractivity contribution in [2.75, 3.05) is 23.5 Å². The molecule has 1 saturated heterocycles. The summed E-state index contributed by atoms with van der Waals surface area (Å²) in [7, 11) is -1.10. The number of oxime groups is 1. The molecule has 0 bridgehead atoms. The molecule has 1 aliphatic rings. The lowest BCUT2D eigenvalue weighted by Gasteiger charge is -2.29. The second kappa shape index (κ2) is 5.32. The van der Waals surface area contributed by atoms with Gasteiger partial charge in [0.05, 0.1) is 17.2 Å². The fourth-order valence-corrected chi connectivity index (χ4v) is 4.43. The number of hydrogen-bond acceptors (Lipinski definition) is 5. The van der Waals surface area contributed by atoms with E-state index < -0.39 is 9.84 Å². The maximum atomic E-state index is 11.6. The van der Waals surface area contributed by atoms with Gasteiger partial charge in [-0.3, -0.25) is 0 Å². The lowest BCUT2D eigenvalue weighted by Crippen LogP contribution is -2.34. The third kappa shape index (κ3) is 2.72. The zero-order valence-corrected chi connectivity index (χ0v) is 12.4. The summed E-state index contributed by atoms with van der Waals surface area (Å²) in [6.45, 7) is 1.92. The van der Waals surface area contributed by atoms with E-state index in [-0.39, 0.29) is 23.4 Å². The van der Waals surface area contributed by atoms with E-state index in [0.717, 1.165) is 11.3 Å². The summed E-state index contributed by atoms with van der Waals surface area (Å²) in [5, 5.41) is 11.9. The van der Waals surface area contributed by atoms with E-state index in [1.807, 2.05) is 31.0 Å². The number of hydrogen-bond donors (Lipinski definition) is 2. The van der Waals surface area contributed by atoms with Crippen LogP contribution in [-0.4, -0.2) is 44.1 Å². The van der Waals surface area contributed by atoms with Crippen molar-refractivity contribution in [1.29, 1.82) is 0 Å². The maximum Gasteiger partial charge on any atom is 0.172 e. The number of sulfone groups is 1. The first-order valence-electron chi connectivity index (χ1n) is 6.36. The molecule has 0 amide bonds. The van der Waals surface area contributed by atoms with Crippen molar-refractivity contribution >= 4 is 21.4 Å². The Bertz CT molecular complexity index is 640. The molecule has 1 aromatic carbocycles. The quantitative estimate of drug-likeness (QED) is 0.371. The molecule has 0 saturated carbocycles. The monoisotopic (exact) mass is 297 g/mol. The summed E-state index contributed by atoms with van der Waals surface area (Å²) in [5.74, 6) is 0.386. The largest absolute Gasteiger partial charge is 0.409 e. The lowest BCUT2D eigenvalue weighted by molar-refractivity contribution is 0.318. The summed E-state index contributed by atoms with van der Waals surface area (Å²) >= 11 is 0. The standard InChI is InChI=1S/C13H19N3O3S/c1-9-4-3-5-11(13(14)15-17)12(9)16(2)10-6-7-20(18,19)8-10/h3-5,10,17H,6-8H2,1-2H3,(H2,14,15). The zero-order chi connectivity index (χ0) is 14.9. The van der Waals surface area contributed by atoms with Gasteiger partial charge in [0.2, 0.25) is 0 Å². The highest BCUT2D eigenvalue weighted by Gasteiger charge is 2.32. The Hall–Kier alpha value is -1.76. The van der Waals surface area contributed by atoms with Crippen LogP contribution in [0.4, 0.5) is 5.69 Å². The third-order valence-corrected chi connectivity index (χ3v) is 5.48. The van der Waals surface area contributed by atoms with Crippen LogP contribution in [0.2, 0.25) is 0 Å². The first kappa shape index (κ1) is 14.6. The van der Waals surface area contributed by atoms with Crippen LogP contribution in [0.25, 0.3) is 0 Å². The van der Waals surface area contributed by atoms with E-state index in [1.54, 1.807) is 6.07 Å². The predicted molar refractivity (Wildman–Crippen MR) is 79.2 cm³/mol. The van der Waals surface area contributed by atoms with Gasteiger partial charge < -0.3 is 15.8 Å². The molecule has 0 spiro atoms. The predicted octanol–water partition coefficient (Wildman–Crippen LogP) is 0.713. The molecule has 20 heavy (non-hydrogen) atoms. The summed E-state index contributed by atoms with van der Waals surface area (Å²) < 4.78 is 23.2. The van der Waals surface area contributed by atoms with Crippen molar-refractivity contribution in [2.45, 2.75) is 19.4 Å². The average molecular weight is 297 g/mol. The molecule has 1 atom stereocenters. The van der Waals surface area contributed by atoms with Gasteiger partial charge in [0, 0.05) is 18.7 Å². The van der Waals surface area contributed by atoms with E-state index in [9.17, 15) is 8.42 Å². The highest BCUT2D eigenvalue weighted by molar-refractivity contribution is 7.91. The molecular formula is C13H19N3O3S. The normalized spacial score (nSPS) is 21.9. The Labute approximate surface area is 118 Å². The van der Waals surface area contributed by atoms with Gasteiger partial charge in [-0.1, -0.05) is 17.3 Å². The molecule has 1 heterocycles. The van der Waals surface area contributed by atoms with Crippen LogP contribution in [0.5, 0.6) is 0 Å². The molecule has 2 rings (SSSR count). The van der Waals surface area contributed by atoms with Crippen LogP contribution in [0.1, 0.15) is 17.5 Å². The van der Waals surface area contributed by atoms with Crippen molar-refractivity contribution in [3.05, 3.63) is 29.3 Å². The maximum absolute atomic E-state index is 11.6. The number of benzene rings is 1. The second-order valence-corrected chi connectivity index (χ2v) is 7.35. The molecule has 110 valence electrons. The van der Waals surface area contributed by atoms with Gasteiger partial charge in [0.25, 0.3) is 0 Å². The molecule has 1 unspecified atom stereocenters. The summed E-state index contributed by atoms with van der Waals surface area (Å²) in [5.41, 5.74) is 8.09. The molecular weight excluding hydrogens is 278 g/mol. The molecule has 1 aromatic rings. The Morgan fingerprint density at radius 3 is 2.75 bits per heavy atom. The van der Waals surface area contributed by atoms with Crippen LogP contribution in [0, 0.1) is 6.92 Å². The van der Waals surface area contributed by atoms with Crippen LogP contribution in [-0.2, 0) is 9.84 Å². The van der Waals surface area contributed by atoms with Gasteiger partial charge in [-0.2, -0.15) is 0 Å². The minimum absolute atomic E-state index is 0.0244. The fraction of sp³-hybridized carbons (Fsp3) is 0.462.